The van der Waals surface area contributed by atoms with Gasteiger partial charge < -0.3 is 10.3 Å². The molecular weight excluding hydrogens is 240 g/mol. The highest BCUT2D eigenvalue weighted by molar-refractivity contribution is 6.04. The van der Waals surface area contributed by atoms with Gasteiger partial charge >= 0.3 is 0 Å². The quantitative estimate of drug-likeness (QED) is 0.867. The molecule has 1 aromatic carbocycles. The van der Waals surface area contributed by atoms with Gasteiger partial charge in [-0.1, -0.05) is 18.2 Å². The number of anilines is 1. The highest BCUT2D eigenvalue weighted by Crippen LogP contribution is 2.19. The van der Waals surface area contributed by atoms with Crippen molar-refractivity contribution in [1.82, 2.24) is 4.98 Å². The van der Waals surface area contributed by atoms with Gasteiger partial charge in [-0.05, 0) is 31.9 Å². The zero-order valence-corrected chi connectivity index (χ0v) is 11.2. The number of aryl methyl sites for hydroxylation is 3. The lowest BCUT2D eigenvalue weighted by Crippen LogP contribution is -2.22. The molecule has 4 nitrogen and oxygen atoms in total. The van der Waals surface area contributed by atoms with Crippen molar-refractivity contribution in [2.24, 2.45) is 0 Å². The van der Waals surface area contributed by atoms with E-state index in [1.54, 1.807) is 6.92 Å². The van der Waals surface area contributed by atoms with Gasteiger partial charge in [-0.15, -0.1) is 0 Å². The predicted octanol–water partition coefficient (Wildman–Crippen LogP) is 2.55. The Hall–Kier alpha value is -2.36. The van der Waals surface area contributed by atoms with E-state index in [1.165, 1.54) is 12.3 Å². The minimum Gasteiger partial charge on any atom is -0.364 e. The van der Waals surface area contributed by atoms with Crippen LogP contribution in [0.2, 0.25) is 0 Å². The molecule has 0 fully saturated rings. The zero-order valence-electron chi connectivity index (χ0n) is 11.2. The van der Waals surface area contributed by atoms with Crippen LogP contribution in [-0.4, -0.2) is 10.9 Å². The molecule has 0 saturated heterocycles. The number of carbonyl (C=O) groups is 1. The van der Waals surface area contributed by atoms with E-state index in [9.17, 15) is 9.59 Å². The average molecular weight is 256 g/mol. The van der Waals surface area contributed by atoms with E-state index in [0.29, 0.717) is 0 Å². The molecule has 2 N–H and O–H groups in total. The van der Waals surface area contributed by atoms with E-state index in [4.69, 9.17) is 0 Å². The molecule has 1 aromatic heterocycles. The lowest BCUT2D eigenvalue weighted by Gasteiger charge is -2.11. The first-order valence-electron chi connectivity index (χ1n) is 6.06. The summed E-state index contributed by atoms with van der Waals surface area (Å²) in [5.74, 6) is -0.390. The number of carbonyl (C=O) groups excluding carboxylic acids is 1. The molecule has 4 heteroatoms. The SMILES string of the molecule is Cc1cc(=O)c(C(=O)Nc2c(C)cccc2C)c[nH]1. The third-order valence-electron chi connectivity index (χ3n) is 3.02. The van der Waals surface area contributed by atoms with E-state index in [1.807, 2.05) is 32.0 Å². The van der Waals surface area contributed by atoms with Crippen LogP contribution >= 0.6 is 0 Å². The second-order valence-electron chi connectivity index (χ2n) is 4.61. The number of para-hydroxylation sites is 1. The van der Waals surface area contributed by atoms with Crippen LogP contribution in [0.3, 0.4) is 0 Å². The highest BCUT2D eigenvalue weighted by atomic mass is 16.2. The van der Waals surface area contributed by atoms with E-state index in [0.717, 1.165) is 22.5 Å². The number of aromatic amines is 1. The van der Waals surface area contributed by atoms with Gasteiger partial charge in [-0.3, -0.25) is 9.59 Å². The third-order valence-corrected chi connectivity index (χ3v) is 3.02. The molecule has 0 aliphatic heterocycles. The fourth-order valence-electron chi connectivity index (χ4n) is 1.94. The molecule has 1 amide bonds. The van der Waals surface area contributed by atoms with Crippen LogP contribution in [0.5, 0.6) is 0 Å². The van der Waals surface area contributed by atoms with Gasteiger partial charge in [0.05, 0.1) is 0 Å². The lowest BCUT2D eigenvalue weighted by molar-refractivity contribution is 0.102. The van der Waals surface area contributed by atoms with Crippen LogP contribution in [0.4, 0.5) is 5.69 Å². The number of rotatable bonds is 2. The van der Waals surface area contributed by atoms with Gasteiger partial charge in [0.15, 0.2) is 5.43 Å². The van der Waals surface area contributed by atoms with Crippen molar-refractivity contribution in [2.45, 2.75) is 20.8 Å². The summed E-state index contributed by atoms with van der Waals surface area (Å²) in [5, 5.41) is 2.80. The van der Waals surface area contributed by atoms with Crippen molar-refractivity contribution in [1.29, 1.82) is 0 Å². The molecule has 0 radical (unpaired) electrons. The normalized spacial score (nSPS) is 10.3. The third kappa shape index (κ3) is 2.73. The lowest BCUT2D eigenvalue weighted by atomic mass is 10.1. The van der Waals surface area contributed by atoms with Gasteiger partial charge in [0.2, 0.25) is 0 Å². The van der Waals surface area contributed by atoms with Crippen LogP contribution in [0.15, 0.2) is 35.3 Å². The van der Waals surface area contributed by atoms with E-state index in [-0.39, 0.29) is 11.0 Å². The second-order valence-corrected chi connectivity index (χ2v) is 4.61. The molecular formula is C15H16N2O2. The number of hydrogen-bond acceptors (Lipinski definition) is 2. The monoisotopic (exact) mass is 256 g/mol. The average Bonchev–Trinajstić information content (AvgIpc) is 2.33. The fourth-order valence-corrected chi connectivity index (χ4v) is 1.94. The van der Waals surface area contributed by atoms with Crippen molar-refractivity contribution in [3.8, 4) is 0 Å². The Morgan fingerprint density at radius 2 is 1.79 bits per heavy atom. The molecule has 19 heavy (non-hydrogen) atoms. The van der Waals surface area contributed by atoms with Gasteiger partial charge in [0, 0.05) is 23.6 Å². The number of amides is 1. The van der Waals surface area contributed by atoms with Crippen molar-refractivity contribution in [3.63, 3.8) is 0 Å². The first-order valence-corrected chi connectivity index (χ1v) is 6.06. The molecule has 0 unspecified atom stereocenters. The molecule has 0 saturated carbocycles. The molecule has 1 heterocycles. The number of benzene rings is 1. The Morgan fingerprint density at radius 1 is 1.16 bits per heavy atom. The molecule has 0 aliphatic carbocycles. The summed E-state index contributed by atoms with van der Waals surface area (Å²) in [6, 6.07) is 7.18. The smallest absolute Gasteiger partial charge is 0.261 e. The largest absolute Gasteiger partial charge is 0.364 e. The first kappa shape index (κ1) is 13.1. The van der Waals surface area contributed by atoms with E-state index in [2.05, 4.69) is 10.3 Å². The molecule has 0 aliphatic rings. The van der Waals surface area contributed by atoms with E-state index < -0.39 is 5.91 Å². The zero-order chi connectivity index (χ0) is 14.0. The summed E-state index contributed by atoms with van der Waals surface area (Å²) in [6.45, 7) is 5.61. The topological polar surface area (TPSA) is 62.0 Å². The van der Waals surface area contributed by atoms with Crippen LogP contribution in [0, 0.1) is 20.8 Å². The maximum absolute atomic E-state index is 12.1. The number of aromatic nitrogens is 1. The Kier molecular flexibility index (Phi) is 3.51. The Bertz CT molecular complexity index is 667. The number of pyridine rings is 1. The van der Waals surface area contributed by atoms with Crippen molar-refractivity contribution in [2.75, 3.05) is 5.32 Å². The van der Waals surface area contributed by atoms with Crippen molar-refractivity contribution >= 4 is 11.6 Å². The number of nitrogens with one attached hydrogen (secondary N) is 2. The molecule has 2 rings (SSSR count). The summed E-state index contributed by atoms with van der Waals surface area (Å²) in [6.07, 6.45) is 1.45. The summed E-state index contributed by atoms with van der Waals surface area (Å²) in [5.41, 5.74) is 3.27. The van der Waals surface area contributed by atoms with Crippen molar-refractivity contribution < 1.29 is 4.79 Å². The van der Waals surface area contributed by atoms with Crippen LogP contribution < -0.4 is 10.7 Å². The van der Waals surface area contributed by atoms with Crippen LogP contribution in [0.25, 0.3) is 0 Å². The minimum absolute atomic E-state index is 0.119. The summed E-state index contributed by atoms with van der Waals surface area (Å²) in [4.78, 5) is 26.8. The van der Waals surface area contributed by atoms with Crippen LogP contribution in [0.1, 0.15) is 27.2 Å². The van der Waals surface area contributed by atoms with Crippen molar-refractivity contribution in [3.05, 3.63) is 63.1 Å². The maximum Gasteiger partial charge on any atom is 0.261 e. The van der Waals surface area contributed by atoms with Crippen LogP contribution in [-0.2, 0) is 0 Å². The van der Waals surface area contributed by atoms with Gasteiger partial charge in [-0.2, -0.15) is 0 Å². The first-order chi connectivity index (χ1) is 8.99. The standard InChI is InChI=1S/C15H16N2O2/c1-9-5-4-6-10(2)14(9)17-15(19)12-8-16-11(3)7-13(12)18/h4-8H,1-3H3,(H,16,18)(H,17,19). The van der Waals surface area contributed by atoms with Gasteiger partial charge in [0.1, 0.15) is 5.56 Å². The predicted molar refractivity (Wildman–Crippen MR) is 75.7 cm³/mol. The van der Waals surface area contributed by atoms with Gasteiger partial charge in [-0.25, -0.2) is 0 Å². The fraction of sp³-hybridized carbons (Fsp3) is 0.200. The molecule has 0 bridgehead atoms. The Balaban J connectivity index is 2.34. The molecule has 98 valence electrons. The molecule has 2 aromatic rings. The van der Waals surface area contributed by atoms with Gasteiger partial charge in [0.25, 0.3) is 5.91 Å². The summed E-state index contributed by atoms with van der Waals surface area (Å²) < 4.78 is 0. The van der Waals surface area contributed by atoms with E-state index >= 15 is 0 Å². The minimum atomic E-state index is -0.390. The summed E-state index contributed by atoms with van der Waals surface area (Å²) >= 11 is 0. The summed E-state index contributed by atoms with van der Waals surface area (Å²) in [7, 11) is 0. The number of hydrogen-bond donors (Lipinski definition) is 2. The number of H-pyrrole nitrogens is 1. The highest BCUT2D eigenvalue weighted by Gasteiger charge is 2.12. The Morgan fingerprint density at radius 3 is 2.37 bits per heavy atom. The second kappa shape index (κ2) is 5.10. The molecule has 0 spiro atoms. The molecule has 0 atom stereocenters. The maximum atomic E-state index is 12.1. The Labute approximate surface area is 111 Å².